The molecule has 0 heterocycles. The fourth-order valence-electron chi connectivity index (χ4n) is 8.25. The fraction of sp³-hybridized carbons (Fsp3) is 0.500. The van der Waals surface area contributed by atoms with Crippen molar-refractivity contribution in [1.29, 1.82) is 0 Å². The van der Waals surface area contributed by atoms with Crippen LogP contribution in [0, 0.1) is 0 Å². The summed E-state index contributed by atoms with van der Waals surface area (Å²) in [7, 11) is -17.7. The van der Waals surface area contributed by atoms with Crippen LogP contribution in [0.1, 0.15) is 151 Å². The predicted octanol–water partition coefficient (Wildman–Crippen LogP) is 13.7. The van der Waals surface area contributed by atoms with Crippen LogP contribution in [0.3, 0.4) is 0 Å². The first kappa shape index (κ1) is 58.8. The first-order valence-corrected chi connectivity index (χ1v) is 29.7. The highest BCUT2D eigenvalue weighted by atomic mass is 31.2. The fourth-order valence-corrected chi connectivity index (χ4v) is 13.1. The Morgan fingerprint density at radius 2 is 0.472 bits per heavy atom. The molecule has 0 aliphatic heterocycles. The lowest BCUT2D eigenvalue weighted by molar-refractivity contribution is 0.163. The number of phosphoric acid groups is 4. The van der Waals surface area contributed by atoms with Gasteiger partial charge in [0.1, 0.15) is 46.0 Å². The Morgan fingerprint density at radius 1 is 0.306 bits per heavy atom. The van der Waals surface area contributed by atoms with Crippen LogP contribution in [0.5, 0.6) is 46.0 Å². The summed E-state index contributed by atoms with van der Waals surface area (Å²) in [5.41, 5.74) is 1.74. The lowest BCUT2D eigenvalue weighted by atomic mass is 9.81. The van der Waals surface area contributed by atoms with E-state index in [1.54, 1.807) is 95.2 Å². The molecule has 0 amide bonds. The quantitative estimate of drug-likeness (QED) is 0.0475. The van der Waals surface area contributed by atoms with Crippen molar-refractivity contribution in [1.82, 2.24) is 0 Å². The molecule has 8 bridgehead atoms. The Labute approximate surface area is 421 Å². The van der Waals surface area contributed by atoms with Gasteiger partial charge in [-0.15, -0.1) is 0 Å². The second-order valence-corrected chi connectivity index (χ2v) is 22.6. The number of phenols is 4. The van der Waals surface area contributed by atoms with Crippen molar-refractivity contribution in [3.8, 4) is 46.0 Å². The number of fused-ring (bicyclic) bond motifs is 8. The molecule has 24 heteroatoms. The SMILES string of the molecule is CCOP(=O)(OCC)Oc1cc(OP(=O)(OCC)OCC)c2cc1C(C)c1cc(c(O)cc1O)C(C)c1cc(c(OP(=O)(OCC)OCC)cc1OP(=O)(OCC)OCC)C(C)c1cc(c(O)cc1O)C2C. The molecule has 4 atom stereocenters. The van der Waals surface area contributed by atoms with E-state index in [2.05, 4.69) is 0 Å². The molecule has 0 saturated carbocycles. The van der Waals surface area contributed by atoms with Gasteiger partial charge in [0.2, 0.25) is 0 Å². The summed E-state index contributed by atoms with van der Waals surface area (Å²) in [5, 5.41) is 47.1. The third kappa shape index (κ3) is 13.4. The molecule has 5 rings (SSSR count). The molecule has 72 heavy (non-hydrogen) atoms. The number of rotatable bonds is 24. The van der Waals surface area contributed by atoms with Gasteiger partial charge in [-0.1, -0.05) is 27.7 Å². The Bertz CT molecular complexity index is 2340. The minimum absolute atomic E-state index is 0.0884. The minimum atomic E-state index is -4.42. The maximum Gasteiger partial charge on any atom is 0.530 e. The van der Waals surface area contributed by atoms with Crippen LogP contribution in [0.2, 0.25) is 0 Å². The normalized spacial score (nSPS) is 17.4. The van der Waals surface area contributed by atoms with Crippen molar-refractivity contribution in [3.63, 3.8) is 0 Å². The molecular formula is C48H68O20P4. The standard InChI is InChI=1S/C48H68O20P4/c1-13-57-69(53,58-14-2)65-45-27-46(66-70(54,59-15-3)60-16-4)38-23-37(45)29(9)33-21-34(42(50)25-41(33)49)31(11)39-24-40(32(12)36-22-35(30(38)10)43(51)26-44(36)52)48(68-72(56,63-19-7)64-20-8)28-47(39)67-71(55,61-17-5)62-18-6/h21-32,49-52H,13-20H2,1-12H3. The van der Waals surface area contributed by atoms with Gasteiger partial charge in [0, 0.05) is 92.4 Å². The zero-order valence-electron chi connectivity index (χ0n) is 42.7. The van der Waals surface area contributed by atoms with E-state index >= 15 is 0 Å². The highest BCUT2D eigenvalue weighted by Gasteiger charge is 2.39. The number of hydrogen-bond donors (Lipinski definition) is 4. The number of hydrogen-bond acceptors (Lipinski definition) is 20. The van der Waals surface area contributed by atoms with E-state index in [4.69, 9.17) is 54.3 Å². The summed E-state index contributed by atoms with van der Waals surface area (Å²) in [6.07, 6.45) is 0. The van der Waals surface area contributed by atoms with Crippen molar-refractivity contribution < 1.29 is 93.0 Å². The zero-order chi connectivity index (χ0) is 53.3. The molecule has 0 aromatic heterocycles. The summed E-state index contributed by atoms with van der Waals surface area (Å²) in [6.45, 7) is 18.8. The van der Waals surface area contributed by atoms with Gasteiger partial charge in [0.15, 0.2) is 0 Å². The van der Waals surface area contributed by atoms with E-state index in [9.17, 15) is 38.7 Å². The number of phenolic OH excluding ortho intramolecular Hbond substituents is 4. The Morgan fingerprint density at radius 3 is 0.639 bits per heavy atom. The first-order chi connectivity index (χ1) is 34.0. The largest absolute Gasteiger partial charge is 0.530 e. The third-order valence-corrected chi connectivity index (χ3v) is 17.8. The highest BCUT2D eigenvalue weighted by Crippen LogP contribution is 2.60. The van der Waals surface area contributed by atoms with Gasteiger partial charge in [0.25, 0.3) is 0 Å². The Balaban J connectivity index is 2.00. The monoisotopic (exact) mass is 1090 g/mol. The lowest BCUT2D eigenvalue weighted by Gasteiger charge is -2.29. The van der Waals surface area contributed by atoms with Crippen molar-refractivity contribution in [2.45, 2.75) is 107 Å². The predicted molar refractivity (Wildman–Crippen MR) is 268 cm³/mol. The van der Waals surface area contributed by atoms with Crippen LogP contribution in [-0.4, -0.2) is 73.3 Å². The van der Waals surface area contributed by atoms with E-state index in [1.165, 1.54) is 24.3 Å². The second-order valence-electron chi connectivity index (χ2n) is 16.2. The zero-order valence-corrected chi connectivity index (χ0v) is 46.3. The molecule has 0 saturated heterocycles. The van der Waals surface area contributed by atoms with Gasteiger partial charge >= 0.3 is 31.3 Å². The Hall–Kier alpha value is -4.12. The van der Waals surface area contributed by atoms with E-state index in [0.29, 0.717) is 0 Å². The van der Waals surface area contributed by atoms with Gasteiger partial charge in [-0.3, -0.25) is 36.2 Å². The number of benzene rings is 4. The molecule has 1 aliphatic rings. The molecule has 4 aromatic rings. The number of aromatic hydroxyl groups is 4. The topological polar surface area (TPSA) is 260 Å². The maximum atomic E-state index is 14.2. The maximum absolute atomic E-state index is 14.2. The minimum Gasteiger partial charge on any atom is -0.508 e. The third-order valence-electron chi connectivity index (χ3n) is 11.5. The molecule has 0 spiro atoms. The number of phosphoric ester groups is 4. The van der Waals surface area contributed by atoms with Crippen LogP contribution < -0.4 is 18.1 Å². The van der Waals surface area contributed by atoms with Crippen molar-refractivity contribution in [2.24, 2.45) is 0 Å². The average molecular weight is 1090 g/mol. The van der Waals surface area contributed by atoms with Gasteiger partial charge in [-0.25, -0.2) is 18.3 Å². The van der Waals surface area contributed by atoms with Gasteiger partial charge in [-0.05, 0) is 79.7 Å². The van der Waals surface area contributed by atoms with E-state index in [1.807, 2.05) is 0 Å². The van der Waals surface area contributed by atoms with E-state index in [0.717, 1.165) is 12.1 Å². The smallest absolute Gasteiger partial charge is 0.508 e. The molecular weight excluding hydrogens is 1020 g/mol. The molecule has 0 fully saturated rings. The van der Waals surface area contributed by atoms with Crippen LogP contribution >= 0.6 is 31.3 Å². The van der Waals surface area contributed by atoms with Crippen molar-refractivity contribution in [2.75, 3.05) is 52.9 Å². The van der Waals surface area contributed by atoms with Gasteiger partial charge in [-0.2, -0.15) is 0 Å². The van der Waals surface area contributed by atoms with Gasteiger partial charge in [0.05, 0.1) is 52.9 Å². The molecule has 0 radical (unpaired) electrons. The average Bonchev–Trinajstić information content (AvgIpc) is 3.28. The van der Waals surface area contributed by atoms with Crippen LogP contribution in [0.25, 0.3) is 0 Å². The molecule has 20 nitrogen and oxygen atoms in total. The van der Waals surface area contributed by atoms with Crippen LogP contribution in [0.15, 0.2) is 48.5 Å². The Kier molecular flexibility index (Phi) is 20.4. The first-order valence-electron chi connectivity index (χ1n) is 23.8. The molecule has 400 valence electrons. The second kappa shape index (κ2) is 24.9. The summed E-state index contributed by atoms with van der Waals surface area (Å²) < 4.78 is 126. The van der Waals surface area contributed by atoms with E-state index in [-0.39, 0.29) is 143 Å². The summed E-state index contributed by atoms with van der Waals surface area (Å²) in [5.74, 6) is -5.89. The summed E-state index contributed by atoms with van der Waals surface area (Å²) >= 11 is 0. The van der Waals surface area contributed by atoms with Crippen LogP contribution in [-0.2, 0) is 54.5 Å². The van der Waals surface area contributed by atoms with Gasteiger partial charge < -0.3 is 38.5 Å². The highest BCUT2D eigenvalue weighted by molar-refractivity contribution is 7.49. The molecule has 4 N–H and O–H groups in total. The molecule has 1 aliphatic carbocycles. The molecule has 4 unspecified atom stereocenters. The van der Waals surface area contributed by atoms with E-state index < -0.39 is 55.0 Å². The van der Waals surface area contributed by atoms with Crippen molar-refractivity contribution >= 4 is 31.3 Å². The van der Waals surface area contributed by atoms with Crippen molar-refractivity contribution in [3.05, 3.63) is 93.0 Å². The lowest BCUT2D eigenvalue weighted by Crippen LogP contribution is -2.12. The molecule has 4 aromatic carbocycles. The summed E-state index contributed by atoms with van der Waals surface area (Å²) in [6, 6.07) is 11.1. The summed E-state index contributed by atoms with van der Waals surface area (Å²) in [4.78, 5) is 0. The van der Waals surface area contributed by atoms with Crippen LogP contribution in [0.4, 0.5) is 0 Å².